The van der Waals surface area contributed by atoms with E-state index in [1.54, 1.807) is 44.3 Å². The maximum absolute atomic E-state index is 12.2. The molecule has 2 amide bonds. The lowest BCUT2D eigenvalue weighted by molar-refractivity contribution is 0.0697. The van der Waals surface area contributed by atoms with Crippen LogP contribution in [0.15, 0.2) is 48.5 Å². The highest BCUT2D eigenvalue weighted by Crippen LogP contribution is 2.21. The average Bonchev–Trinajstić information content (AvgIpc) is 2.47. The summed E-state index contributed by atoms with van der Waals surface area (Å²) in [6, 6.07) is 13.7. The first-order chi connectivity index (χ1) is 10.0. The molecule has 0 aromatic heterocycles. The summed E-state index contributed by atoms with van der Waals surface area (Å²) in [5.74, 6) is -1.06. The number of urea groups is 1. The molecule has 0 aliphatic rings. The molecule has 0 spiro atoms. The molecule has 0 bridgehead atoms. The summed E-state index contributed by atoms with van der Waals surface area (Å²) in [5.41, 5.74) is 1.71. The minimum absolute atomic E-state index is 0.104. The van der Waals surface area contributed by atoms with Gasteiger partial charge in [0.2, 0.25) is 0 Å². The molecule has 0 atom stereocenters. The number of carbonyl (C=O) groups is 2. The highest BCUT2D eigenvalue weighted by molar-refractivity contribution is 6.06. The lowest BCUT2D eigenvalue weighted by Crippen LogP contribution is -2.31. The number of para-hydroxylation sites is 1. The third-order valence-electron chi connectivity index (χ3n) is 3.18. The van der Waals surface area contributed by atoms with Gasteiger partial charge in [-0.05, 0) is 30.7 Å². The van der Waals surface area contributed by atoms with Gasteiger partial charge < -0.3 is 10.4 Å². The molecule has 2 aromatic rings. The van der Waals surface area contributed by atoms with Crippen molar-refractivity contribution in [2.45, 2.75) is 6.92 Å². The molecule has 0 heterocycles. The quantitative estimate of drug-likeness (QED) is 0.908. The number of nitrogens with one attached hydrogen (secondary N) is 1. The zero-order chi connectivity index (χ0) is 15.4. The number of nitrogens with zero attached hydrogens (tertiary/aromatic N) is 1. The van der Waals surface area contributed by atoms with Crippen molar-refractivity contribution in [3.05, 3.63) is 59.7 Å². The Labute approximate surface area is 122 Å². The minimum atomic E-state index is -1.06. The molecule has 2 N–H and O–H groups in total. The molecule has 21 heavy (non-hydrogen) atoms. The molecule has 0 aliphatic heterocycles. The fraction of sp³-hybridized carbons (Fsp3) is 0.125. The Morgan fingerprint density at radius 2 is 1.71 bits per heavy atom. The number of rotatable bonds is 3. The van der Waals surface area contributed by atoms with Crippen molar-refractivity contribution < 1.29 is 14.7 Å². The fourth-order valence-corrected chi connectivity index (χ4v) is 2.02. The van der Waals surface area contributed by atoms with Gasteiger partial charge in [0.25, 0.3) is 0 Å². The molecule has 108 valence electrons. The van der Waals surface area contributed by atoms with Crippen molar-refractivity contribution in [3.63, 3.8) is 0 Å². The second-order valence-electron chi connectivity index (χ2n) is 4.63. The number of benzene rings is 2. The van der Waals surface area contributed by atoms with Gasteiger partial charge in [-0.3, -0.25) is 4.90 Å². The number of hydrogen-bond acceptors (Lipinski definition) is 2. The predicted molar refractivity (Wildman–Crippen MR) is 82.0 cm³/mol. The Kier molecular flexibility index (Phi) is 4.23. The molecule has 0 unspecified atom stereocenters. The Balaban J connectivity index is 2.25. The van der Waals surface area contributed by atoms with E-state index >= 15 is 0 Å². The van der Waals surface area contributed by atoms with Crippen molar-refractivity contribution in [2.24, 2.45) is 0 Å². The summed E-state index contributed by atoms with van der Waals surface area (Å²) in [7, 11) is 1.63. The van der Waals surface area contributed by atoms with E-state index in [1.807, 2.05) is 18.2 Å². The van der Waals surface area contributed by atoms with E-state index in [1.165, 1.54) is 4.90 Å². The van der Waals surface area contributed by atoms with Gasteiger partial charge in [0.15, 0.2) is 0 Å². The SMILES string of the molecule is Cc1cccc(NC(=O)N(C)c2ccccc2)c1C(=O)O. The summed E-state index contributed by atoms with van der Waals surface area (Å²) in [6.45, 7) is 1.69. The van der Waals surface area contributed by atoms with Crippen molar-refractivity contribution >= 4 is 23.4 Å². The van der Waals surface area contributed by atoms with Crippen LogP contribution in [0.1, 0.15) is 15.9 Å². The normalized spacial score (nSPS) is 10.0. The second kappa shape index (κ2) is 6.09. The first-order valence-electron chi connectivity index (χ1n) is 6.43. The smallest absolute Gasteiger partial charge is 0.338 e. The third kappa shape index (κ3) is 3.20. The summed E-state index contributed by atoms with van der Waals surface area (Å²) >= 11 is 0. The van der Waals surface area contributed by atoms with Crippen LogP contribution in [0.2, 0.25) is 0 Å². The van der Waals surface area contributed by atoms with Crippen LogP contribution in [0, 0.1) is 6.92 Å². The van der Waals surface area contributed by atoms with E-state index in [9.17, 15) is 14.7 Å². The first kappa shape index (κ1) is 14.6. The lowest BCUT2D eigenvalue weighted by Gasteiger charge is -2.19. The lowest BCUT2D eigenvalue weighted by atomic mass is 10.1. The molecule has 2 rings (SSSR count). The van der Waals surface area contributed by atoms with Gasteiger partial charge in [-0.25, -0.2) is 9.59 Å². The predicted octanol–water partition coefficient (Wildman–Crippen LogP) is 3.36. The molecule has 0 radical (unpaired) electrons. The number of carbonyl (C=O) groups excluding carboxylic acids is 1. The Morgan fingerprint density at radius 1 is 1.05 bits per heavy atom. The second-order valence-corrected chi connectivity index (χ2v) is 4.63. The van der Waals surface area contributed by atoms with Crippen molar-refractivity contribution in [1.82, 2.24) is 0 Å². The number of anilines is 2. The maximum atomic E-state index is 12.2. The number of hydrogen-bond donors (Lipinski definition) is 2. The largest absolute Gasteiger partial charge is 0.478 e. The van der Waals surface area contributed by atoms with Gasteiger partial charge in [0, 0.05) is 12.7 Å². The summed E-state index contributed by atoms with van der Waals surface area (Å²) < 4.78 is 0. The topological polar surface area (TPSA) is 69.6 Å². The van der Waals surface area contributed by atoms with E-state index < -0.39 is 12.0 Å². The van der Waals surface area contributed by atoms with Gasteiger partial charge in [-0.1, -0.05) is 30.3 Å². The molecule has 0 aliphatic carbocycles. The molecule has 5 nitrogen and oxygen atoms in total. The van der Waals surface area contributed by atoms with Crippen LogP contribution in [0.3, 0.4) is 0 Å². The number of carboxylic acids is 1. The average molecular weight is 284 g/mol. The van der Waals surface area contributed by atoms with E-state index in [0.29, 0.717) is 5.56 Å². The zero-order valence-corrected chi connectivity index (χ0v) is 11.8. The fourth-order valence-electron chi connectivity index (χ4n) is 2.02. The van der Waals surface area contributed by atoms with Gasteiger partial charge >= 0.3 is 12.0 Å². The van der Waals surface area contributed by atoms with E-state index in [-0.39, 0.29) is 11.3 Å². The molecule has 0 saturated heterocycles. The number of carboxylic acid groups (broad SMARTS) is 1. The van der Waals surface area contributed by atoms with E-state index in [0.717, 1.165) is 5.69 Å². The first-order valence-corrected chi connectivity index (χ1v) is 6.43. The highest BCUT2D eigenvalue weighted by Gasteiger charge is 2.17. The minimum Gasteiger partial charge on any atom is -0.478 e. The molecule has 0 fully saturated rings. The molecule has 0 saturated carbocycles. The van der Waals surface area contributed by atoms with Crippen LogP contribution in [0.5, 0.6) is 0 Å². The highest BCUT2D eigenvalue weighted by atomic mass is 16.4. The Morgan fingerprint density at radius 3 is 2.33 bits per heavy atom. The molecular weight excluding hydrogens is 268 g/mol. The van der Waals surface area contributed by atoms with E-state index in [2.05, 4.69) is 5.32 Å². The van der Waals surface area contributed by atoms with E-state index in [4.69, 9.17) is 0 Å². The Bertz CT molecular complexity index is 668. The number of aryl methyl sites for hydroxylation is 1. The molecular formula is C16H16N2O3. The van der Waals surface area contributed by atoms with Crippen LogP contribution in [-0.4, -0.2) is 24.2 Å². The third-order valence-corrected chi connectivity index (χ3v) is 3.18. The van der Waals surface area contributed by atoms with Crippen LogP contribution in [0.25, 0.3) is 0 Å². The van der Waals surface area contributed by atoms with Gasteiger partial charge in [0.05, 0.1) is 11.3 Å². The molecule has 2 aromatic carbocycles. The van der Waals surface area contributed by atoms with Crippen LogP contribution in [-0.2, 0) is 0 Å². The number of amides is 2. The standard InChI is InChI=1S/C16H16N2O3/c1-11-7-6-10-13(14(11)15(19)20)17-16(21)18(2)12-8-4-3-5-9-12/h3-10H,1-2H3,(H,17,21)(H,19,20). The van der Waals surface area contributed by atoms with Crippen LogP contribution >= 0.6 is 0 Å². The maximum Gasteiger partial charge on any atom is 0.338 e. The molecule has 5 heteroatoms. The van der Waals surface area contributed by atoms with Crippen LogP contribution in [0.4, 0.5) is 16.2 Å². The van der Waals surface area contributed by atoms with Gasteiger partial charge in [0.1, 0.15) is 0 Å². The van der Waals surface area contributed by atoms with Gasteiger partial charge in [-0.2, -0.15) is 0 Å². The van der Waals surface area contributed by atoms with Crippen molar-refractivity contribution in [3.8, 4) is 0 Å². The zero-order valence-electron chi connectivity index (χ0n) is 11.8. The monoisotopic (exact) mass is 284 g/mol. The Hall–Kier alpha value is -2.82. The van der Waals surface area contributed by atoms with Gasteiger partial charge in [-0.15, -0.1) is 0 Å². The van der Waals surface area contributed by atoms with Crippen molar-refractivity contribution in [2.75, 3.05) is 17.3 Å². The summed E-state index contributed by atoms with van der Waals surface area (Å²) in [5, 5.41) is 11.9. The van der Waals surface area contributed by atoms with Crippen molar-refractivity contribution in [1.29, 1.82) is 0 Å². The van der Waals surface area contributed by atoms with Crippen LogP contribution < -0.4 is 10.2 Å². The summed E-state index contributed by atoms with van der Waals surface area (Å²) in [6.07, 6.45) is 0. The number of aromatic carboxylic acids is 1. The summed E-state index contributed by atoms with van der Waals surface area (Å²) in [4.78, 5) is 24.9.